The summed E-state index contributed by atoms with van der Waals surface area (Å²) in [7, 11) is 3.25. The number of carbonyl (C=O) groups is 1. The van der Waals surface area contributed by atoms with Crippen LogP contribution >= 0.6 is 0 Å². The standard InChI is InChI=1S/C46H57NO8/c1-32-10-8-21-45(2)41(39-19-15-34(24-36(48)17-14-32)25-40(39)44(50)42-13-9-23-55-42)20-22-46(45,51)31-47(27-35-16-18-38(52-3)26-43(35)53-4)28-37(49)30-54-29-33-11-6-5-7-12-33/h5-7,9-13,15-16,18-19,23,25-26,36-37,41,48-49,51H,8,14,17,20-22,24,27-31H2,1-4H3. The van der Waals surface area contributed by atoms with Crippen LogP contribution in [0.2, 0.25) is 0 Å². The van der Waals surface area contributed by atoms with Crippen LogP contribution < -0.4 is 9.47 Å². The summed E-state index contributed by atoms with van der Waals surface area (Å²) in [5.74, 6) is 1.24. The van der Waals surface area contributed by atoms with Gasteiger partial charge in [0.25, 0.3) is 0 Å². The number of ketones is 1. The van der Waals surface area contributed by atoms with E-state index in [1.165, 1.54) is 11.8 Å². The van der Waals surface area contributed by atoms with Gasteiger partial charge in [0.1, 0.15) is 11.5 Å². The van der Waals surface area contributed by atoms with E-state index in [9.17, 15) is 20.1 Å². The number of hydrogen-bond donors (Lipinski definition) is 3. The number of hydrogen-bond acceptors (Lipinski definition) is 9. The zero-order valence-corrected chi connectivity index (χ0v) is 32.7. The van der Waals surface area contributed by atoms with Gasteiger partial charge in [-0.3, -0.25) is 9.69 Å². The minimum Gasteiger partial charge on any atom is -0.497 e. The van der Waals surface area contributed by atoms with Crippen LogP contribution in [0.25, 0.3) is 0 Å². The van der Waals surface area contributed by atoms with Crippen molar-refractivity contribution in [3.05, 3.63) is 130 Å². The fraction of sp³-hybridized carbons (Fsp3) is 0.457. The Balaban J connectivity index is 1.35. The number of methoxy groups -OCH3 is 2. The van der Waals surface area contributed by atoms with Gasteiger partial charge in [-0.25, -0.2) is 0 Å². The van der Waals surface area contributed by atoms with E-state index < -0.39 is 23.2 Å². The Morgan fingerprint density at radius 1 is 1.00 bits per heavy atom. The predicted octanol–water partition coefficient (Wildman–Crippen LogP) is 7.65. The lowest BCUT2D eigenvalue weighted by molar-refractivity contribution is -0.0924. The largest absolute Gasteiger partial charge is 0.497 e. The number of aliphatic hydroxyl groups is 3. The fourth-order valence-electron chi connectivity index (χ4n) is 8.75. The molecule has 2 bridgehead atoms. The molecule has 3 N–H and O–H groups in total. The van der Waals surface area contributed by atoms with E-state index in [-0.39, 0.29) is 37.2 Å². The maximum Gasteiger partial charge on any atom is 0.228 e. The molecule has 9 heteroatoms. The summed E-state index contributed by atoms with van der Waals surface area (Å²) in [5.41, 5.74) is 3.61. The number of fused-ring (bicyclic) bond motifs is 8. The molecule has 5 unspecified atom stereocenters. The zero-order chi connectivity index (χ0) is 39.0. The van der Waals surface area contributed by atoms with Crippen LogP contribution in [0.15, 0.2) is 101 Å². The molecule has 1 heterocycles. The Bertz CT molecular complexity index is 1890. The fourth-order valence-corrected chi connectivity index (χ4v) is 8.75. The highest BCUT2D eigenvalue weighted by atomic mass is 16.5. The van der Waals surface area contributed by atoms with Crippen molar-refractivity contribution < 1.29 is 38.7 Å². The molecule has 294 valence electrons. The van der Waals surface area contributed by atoms with Crippen molar-refractivity contribution in [2.24, 2.45) is 5.41 Å². The molecule has 0 saturated heterocycles. The molecule has 1 aromatic heterocycles. The molecule has 7 rings (SSSR count). The quantitative estimate of drug-likeness (QED) is 0.0882. The maximum absolute atomic E-state index is 14.1. The van der Waals surface area contributed by atoms with Crippen LogP contribution in [0.4, 0.5) is 0 Å². The molecule has 0 aliphatic heterocycles. The van der Waals surface area contributed by atoms with Gasteiger partial charge in [0.2, 0.25) is 5.78 Å². The van der Waals surface area contributed by atoms with Crippen LogP contribution in [0.5, 0.6) is 11.5 Å². The summed E-state index contributed by atoms with van der Waals surface area (Å²) in [4.78, 5) is 16.2. The highest BCUT2D eigenvalue weighted by molar-refractivity contribution is 6.08. The van der Waals surface area contributed by atoms with Crippen LogP contribution in [0.1, 0.15) is 96.7 Å². The van der Waals surface area contributed by atoms with E-state index in [1.54, 1.807) is 26.4 Å². The van der Waals surface area contributed by atoms with Crippen molar-refractivity contribution in [2.75, 3.05) is 33.9 Å². The van der Waals surface area contributed by atoms with E-state index in [1.807, 2.05) is 66.7 Å². The molecule has 5 atom stereocenters. The Morgan fingerprint density at radius 2 is 1.82 bits per heavy atom. The van der Waals surface area contributed by atoms with Gasteiger partial charge in [-0.2, -0.15) is 0 Å². The SMILES string of the molecule is COc1ccc(CN(CC(O)COCc2ccccc2)CC2(O)CCC3c4ccc(cc4C(=O)c4ccco4)CC(O)CCC(C)=CCCC32C)c(OC)c1. The van der Waals surface area contributed by atoms with Gasteiger partial charge >= 0.3 is 0 Å². The summed E-state index contributed by atoms with van der Waals surface area (Å²) >= 11 is 0. The van der Waals surface area contributed by atoms with Crippen molar-refractivity contribution in [3.8, 4) is 11.5 Å². The Hall–Kier alpha value is -4.25. The van der Waals surface area contributed by atoms with Gasteiger partial charge in [-0.05, 0) is 98.7 Å². The van der Waals surface area contributed by atoms with Crippen molar-refractivity contribution in [1.29, 1.82) is 0 Å². The van der Waals surface area contributed by atoms with Crippen LogP contribution in [-0.4, -0.2) is 77.7 Å². The number of nitrogens with zero attached hydrogens (tertiary/aromatic N) is 1. The molecule has 0 radical (unpaired) electrons. The number of ether oxygens (including phenoxy) is 3. The lowest BCUT2D eigenvalue weighted by atomic mass is 9.64. The Labute approximate surface area is 325 Å². The number of benzene rings is 3. The molecule has 1 fully saturated rings. The molecule has 3 aliphatic rings. The Morgan fingerprint density at radius 3 is 2.56 bits per heavy atom. The highest BCUT2D eigenvalue weighted by Crippen LogP contribution is 2.59. The number of furan rings is 1. The first-order valence-corrected chi connectivity index (χ1v) is 19.5. The maximum atomic E-state index is 14.1. The minimum absolute atomic E-state index is 0.132. The molecule has 0 amide bonds. The van der Waals surface area contributed by atoms with Gasteiger partial charge in [-0.15, -0.1) is 0 Å². The molecule has 3 aromatic carbocycles. The number of aliphatic hydroxyl groups excluding tert-OH is 2. The molecule has 0 spiro atoms. The average molecular weight is 752 g/mol. The molecular formula is C46H57NO8. The van der Waals surface area contributed by atoms with Crippen molar-refractivity contribution in [1.82, 2.24) is 4.90 Å². The van der Waals surface area contributed by atoms with Gasteiger partial charge in [0, 0.05) is 42.2 Å². The van der Waals surface area contributed by atoms with Crippen LogP contribution in [-0.2, 0) is 24.3 Å². The smallest absolute Gasteiger partial charge is 0.228 e. The van der Waals surface area contributed by atoms with E-state index in [2.05, 4.69) is 24.8 Å². The summed E-state index contributed by atoms with van der Waals surface area (Å²) in [6.07, 6.45) is 6.81. The molecule has 4 aromatic rings. The molecule has 9 nitrogen and oxygen atoms in total. The summed E-state index contributed by atoms with van der Waals surface area (Å²) in [5, 5.41) is 35.5. The molecule has 55 heavy (non-hydrogen) atoms. The van der Waals surface area contributed by atoms with Gasteiger partial charge in [0.15, 0.2) is 5.76 Å². The summed E-state index contributed by atoms with van der Waals surface area (Å²) < 4.78 is 22.8. The highest BCUT2D eigenvalue weighted by Gasteiger charge is 2.57. The van der Waals surface area contributed by atoms with Crippen molar-refractivity contribution in [2.45, 2.75) is 95.7 Å². The topological polar surface area (TPSA) is 122 Å². The van der Waals surface area contributed by atoms with Gasteiger partial charge in [-0.1, -0.05) is 67.1 Å². The van der Waals surface area contributed by atoms with Crippen molar-refractivity contribution in [3.63, 3.8) is 0 Å². The average Bonchev–Trinajstić information content (AvgIpc) is 3.81. The first kappa shape index (κ1) is 40.4. The Kier molecular flexibility index (Phi) is 13.3. The number of allylic oxidation sites excluding steroid dienone is 2. The third-order valence-corrected chi connectivity index (χ3v) is 11.9. The normalized spacial score (nSPS) is 23.5. The van der Waals surface area contributed by atoms with E-state index in [4.69, 9.17) is 18.6 Å². The first-order valence-electron chi connectivity index (χ1n) is 19.5. The monoisotopic (exact) mass is 751 g/mol. The predicted molar refractivity (Wildman–Crippen MR) is 212 cm³/mol. The summed E-state index contributed by atoms with van der Waals surface area (Å²) in [6, 6.07) is 25.0. The van der Waals surface area contributed by atoms with Crippen LogP contribution in [0, 0.1) is 5.41 Å². The van der Waals surface area contributed by atoms with E-state index in [0.717, 1.165) is 35.1 Å². The number of rotatable bonds is 14. The lowest BCUT2D eigenvalue weighted by Crippen LogP contribution is -2.53. The van der Waals surface area contributed by atoms with Crippen molar-refractivity contribution >= 4 is 5.78 Å². The van der Waals surface area contributed by atoms with E-state index in [0.29, 0.717) is 62.3 Å². The second-order valence-electron chi connectivity index (χ2n) is 15.8. The van der Waals surface area contributed by atoms with Crippen LogP contribution in [0.3, 0.4) is 0 Å². The third-order valence-electron chi connectivity index (χ3n) is 11.9. The van der Waals surface area contributed by atoms with E-state index >= 15 is 0 Å². The summed E-state index contributed by atoms with van der Waals surface area (Å²) in [6.45, 7) is 5.74. The molecule has 1 saturated carbocycles. The second kappa shape index (κ2) is 18.1. The molecular weight excluding hydrogens is 695 g/mol. The number of carbonyl (C=O) groups excluding carboxylic acids is 1. The lowest BCUT2D eigenvalue weighted by Gasteiger charge is -2.46. The first-order chi connectivity index (χ1) is 26.5. The second-order valence-corrected chi connectivity index (χ2v) is 15.8. The van der Waals surface area contributed by atoms with Gasteiger partial charge in [0.05, 0.1) is 51.5 Å². The zero-order valence-electron chi connectivity index (χ0n) is 32.7. The third kappa shape index (κ3) is 9.59. The van der Waals surface area contributed by atoms with Gasteiger partial charge < -0.3 is 33.9 Å². The minimum atomic E-state index is -1.19. The molecule has 3 aliphatic carbocycles.